The van der Waals surface area contributed by atoms with Crippen LogP contribution in [0.15, 0.2) is 58.0 Å². The maximum atomic E-state index is 11.0. The number of furan rings is 1. The van der Waals surface area contributed by atoms with Crippen LogP contribution in [0.5, 0.6) is 0 Å². The van der Waals surface area contributed by atoms with Crippen LogP contribution in [0.1, 0.15) is 11.3 Å². The highest BCUT2D eigenvalue weighted by atomic mass is 35.5. The van der Waals surface area contributed by atoms with E-state index in [9.17, 15) is 10.1 Å². The first-order chi connectivity index (χ1) is 13.0. The molecular weight excluding hydrogens is 413 g/mol. The van der Waals surface area contributed by atoms with Crippen molar-refractivity contribution < 1.29 is 9.34 Å². The van der Waals surface area contributed by atoms with E-state index in [0.29, 0.717) is 33.7 Å². The van der Waals surface area contributed by atoms with E-state index in [2.05, 4.69) is 10.5 Å². The van der Waals surface area contributed by atoms with E-state index < -0.39 is 4.92 Å². The topological polar surface area (TPSA) is 80.7 Å². The first-order valence-corrected chi connectivity index (χ1v) is 8.82. The third-order valence-corrected chi connectivity index (χ3v) is 4.68. The molecule has 0 aliphatic heterocycles. The lowest BCUT2D eigenvalue weighted by atomic mass is 10.1. The van der Waals surface area contributed by atoms with Crippen molar-refractivity contribution >= 4 is 46.7 Å². The SMILES string of the molecule is O=[N+]([O-])c1cc(-c2ccc(/C=N\NCc3c(Cl)cccc3Cl)o2)ccc1Cl. The molecule has 0 unspecified atom stereocenters. The zero-order valence-electron chi connectivity index (χ0n) is 13.7. The average molecular weight is 425 g/mol. The van der Waals surface area contributed by atoms with E-state index in [4.69, 9.17) is 39.2 Å². The molecule has 2 aromatic carbocycles. The number of hydrogen-bond donors (Lipinski definition) is 1. The van der Waals surface area contributed by atoms with Gasteiger partial charge in [0.15, 0.2) is 0 Å². The molecule has 3 aromatic rings. The summed E-state index contributed by atoms with van der Waals surface area (Å²) in [5, 5.41) is 16.2. The second-order valence-corrected chi connectivity index (χ2v) is 6.64. The van der Waals surface area contributed by atoms with Crippen molar-refractivity contribution in [2.24, 2.45) is 5.10 Å². The maximum absolute atomic E-state index is 11.0. The predicted molar refractivity (Wildman–Crippen MR) is 107 cm³/mol. The summed E-state index contributed by atoms with van der Waals surface area (Å²) in [4.78, 5) is 10.5. The number of nitrogens with zero attached hydrogens (tertiary/aromatic N) is 2. The Balaban J connectivity index is 1.68. The van der Waals surface area contributed by atoms with Crippen molar-refractivity contribution in [3.05, 3.63) is 85.0 Å². The van der Waals surface area contributed by atoms with Gasteiger partial charge in [0.05, 0.1) is 17.7 Å². The molecule has 0 aliphatic rings. The Morgan fingerprint density at radius 1 is 1.07 bits per heavy atom. The number of nitro benzene ring substituents is 1. The molecule has 9 heteroatoms. The molecule has 0 radical (unpaired) electrons. The second kappa shape index (κ2) is 8.43. The third-order valence-electron chi connectivity index (χ3n) is 3.65. The smallest absolute Gasteiger partial charge is 0.288 e. The van der Waals surface area contributed by atoms with Crippen LogP contribution in [-0.2, 0) is 6.54 Å². The van der Waals surface area contributed by atoms with Gasteiger partial charge in [0.2, 0.25) is 0 Å². The van der Waals surface area contributed by atoms with Crippen LogP contribution in [0.2, 0.25) is 15.1 Å². The summed E-state index contributed by atoms with van der Waals surface area (Å²) in [5.74, 6) is 0.936. The van der Waals surface area contributed by atoms with Gasteiger partial charge in [-0.3, -0.25) is 10.1 Å². The van der Waals surface area contributed by atoms with Crippen LogP contribution in [0, 0.1) is 10.1 Å². The molecule has 1 N–H and O–H groups in total. The van der Waals surface area contributed by atoms with Gasteiger partial charge in [0.1, 0.15) is 16.5 Å². The van der Waals surface area contributed by atoms with E-state index in [1.807, 2.05) is 0 Å². The summed E-state index contributed by atoms with van der Waals surface area (Å²) in [7, 11) is 0. The zero-order chi connectivity index (χ0) is 19.4. The van der Waals surface area contributed by atoms with Gasteiger partial charge < -0.3 is 9.84 Å². The van der Waals surface area contributed by atoms with Crippen molar-refractivity contribution in [1.29, 1.82) is 0 Å². The molecule has 0 saturated heterocycles. The first kappa shape index (κ1) is 19.2. The van der Waals surface area contributed by atoms with Crippen molar-refractivity contribution in [3.8, 4) is 11.3 Å². The van der Waals surface area contributed by atoms with E-state index in [1.165, 1.54) is 18.3 Å². The van der Waals surface area contributed by atoms with Crippen molar-refractivity contribution in [2.45, 2.75) is 6.54 Å². The maximum Gasteiger partial charge on any atom is 0.288 e. The number of hydrogen-bond acceptors (Lipinski definition) is 5. The lowest BCUT2D eigenvalue weighted by molar-refractivity contribution is -0.384. The minimum Gasteiger partial charge on any atom is -0.455 e. The molecule has 0 atom stereocenters. The van der Waals surface area contributed by atoms with E-state index in [-0.39, 0.29) is 10.7 Å². The van der Waals surface area contributed by atoms with Crippen molar-refractivity contribution in [1.82, 2.24) is 5.43 Å². The highest BCUT2D eigenvalue weighted by Gasteiger charge is 2.15. The highest BCUT2D eigenvalue weighted by Crippen LogP contribution is 2.31. The summed E-state index contributed by atoms with van der Waals surface area (Å²) in [6.07, 6.45) is 1.48. The summed E-state index contributed by atoms with van der Waals surface area (Å²) in [5.41, 5.74) is 3.95. The molecule has 138 valence electrons. The van der Waals surface area contributed by atoms with E-state index >= 15 is 0 Å². The van der Waals surface area contributed by atoms with E-state index in [1.54, 1.807) is 36.4 Å². The standard InChI is InChI=1S/C18H12Cl3N3O3/c19-14-2-1-3-15(20)13(14)10-23-22-9-12-5-7-18(27-12)11-4-6-16(21)17(8-11)24(25)26/h1-9,23H,10H2/b22-9-. The minimum absolute atomic E-state index is 0.0690. The fourth-order valence-electron chi connectivity index (χ4n) is 2.32. The Hall–Kier alpha value is -2.54. The van der Waals surface area contributed by atoms with Crippen LogP contribution >= 0.6 is 34.8 Å². The lowest BCUT2D eigenvalue weighted by Crippen LogP contribution is -2.06. The van der Waals surface area contributed by atoms with Gasteiger partial charge in [-0.05, 0) is 36.4 Å². The number of benzene rings is 2. The molecule has 0 spiro atoms. The molecule has 0 amide bonds. The molecule has 1 aromatic heterocycles. The quantitative estimate of drug-likeness (QED) is 0.302. The fourth-order valence-corrected chi connectivity index (χ4v) is 3.04. The monoisotopic (exact) mass is 423 g/mol. The number of rotatable bonds is 6. The largest absolute Gasteiger partial charge is 0.455 e. The predicted octanol–water partition coefficient (Wildman–Crippen LogP) is 5.94. The molecule has 0 aliphatic carbocycles. The van der Waals surface area contributed by atoms with Crippen LogP contribution in [0.3, 0.4) is 0 Å². The summed E-state index contributed by atoms with van der Waals surface area (Å²) in [6, 6.07) is 13.1. The number of nitrogens with one attached hydrogen (secondary N) is 1. The normalized spacial score (nSPS) is 11.1. The average Bonchev–Trinajstić information content (AvgIpc) is 3.09. The van der Waals surface area contributed by atoms with Gasteiger partial charge >= 0.3 is 0 Å². The minimum atomic E-state index is -0.541. The summed E-state index contributed by atoms with van der Waals surface area (Å²) in [6.45, 7) is 0.353. The van der Waals surface area contributed by atoms with Gasteiger partial charge in [-0.2, -0.15) is 5.10 Å². The van der Waals surface area contributed by atoms with Gasteiger partial charge in [0.25, 0.3) is 5.69 Å². The zero-order valence-corrected chi connectivity index (χ0v) is 15.9. The number of halogens is 3. The summed E-state index contributed by atoms with van der Waals surface area (Å²) < 4.78 is 5.64. The number of nitro groups is 1. The molecule has 0 saturated carbocycles. The molecule has 27 heavy (non-hydrogen) atoms. The van der Waals surface area contributed by atoms with Crippen LogP contribution in [-0.4, -0.2) is 11.1 Å². The second-order valence-electron chi connectivity index (χ2n) is 5.42. The Morgan fingerprint density at radius 3 is 2.52 bits per heavy atom. The van der Waals surface area contributed by atoms with Gasteiger partial charge in [-0.25, -0.2) is 0 Å². The van der Waals surface area contributed by atoms with Crippen LogP contribution in [0.4, 0.5) is 5.69 Å². The molecule has 0 bridgehead atoms. The Kier molecular flexibility index (Phi) is 6.01. The van der Waals surface area contributed by atoms with Crippen molar-refractivity contribution in [3.63, 3.8) is 0 Å². The lowest BCUT2D eigenvalue weighted by Gasteiger charge is -2.05. The Labute approximate surface area is 169 Å². The van der Waals surface area contributed by atoms with Gasteiger partial charge in [0, 0.05) is 27.2 Å². The number of hydrazone groups is 1. The van der Waals surface area contributed by atoms with Crippen LogP contribution in [0.25, 0.3) is 11.3 Å². The first-order valence-electron chi connectivity index (χ1n) is 7.68. The molecule has 6 nitrogen and oxygen atoms in total. The molecule has 0 fully saturated rings. The third kappa shape index (κ3) is 4.60. The van der Waals surface area contributed by atoms with E-state index in [0.717, 1.165) is 5.56 Å². The summed E-state index contributed by atoms with van der Waals surface area (Å²) >= 11 is 18.0. The van der Waals surface area contributed by atoms with Crippen LogP contribution < -0.4 is 5.43 Å². The molecular formula is C18H12Cl3N3O3. The molecule has 3 rings (SSSR count). The molecule has 1 heterocycles. The van der Waals surface area contributed by atoms with Gasteiger partial charge in [-0.15, -0.1) is 0 Å². The van der Waals surface area contributed by atoms with Gasteiger partial charge in [-0.1, -0.05) is 40.9 Å². The Bertz CT molecular complexity index is 998. The van der Waals surface area contributed by atoms with Crippen molar-refractivity contribution in [2.75, 3.05) is 0 Å². The fraction of sp³-hybridized carbons (Fsp3) is 0.0556. The highest BCUT2D eigenvalue weighted by molar-refractivity contribution is 6.36. The Morgan fingerprint density at radius 2 is 1.81 bits per heavy atom.